The van der Waals surface area contributed by atoms with Crippen molar-refractivity contribution in [2.24, 2.45) is 11.8 Å². The van der Waals surface area contributed by atoms with E-state index in [2.05, 4.69) is 21.7 Å². The van der Waals surface area contributed by atoms with Crippen LogP contribution >= 0.6 is 0 Å². The van der Waals surface area contributed by atoms with Crippen molar-refractivity contribution in [1.29, 1.82) is 0 Å². The molecule has 3 atom stereocenters. The van der Waals surface area contributed by atoms with Gasteiger partial charge in [-0.2, -0.15) is 0 Å². The number of hydrogen-bond donors (Lipinski definition) is 2. The number of pyridine rings is 1. The van der Waals surface area contributed by atoms with Crippen LogP contribution in [0.2, 0.25) is 0 Å². The zero-order chi connectivity index (χ0) is 24.8. The Morgan fingerprint density at radius 3 is 2.77 bits per heavy atom. The lowest BCUT2D eigenvalue weighted by Gasteiger charge is -2.36. The smallest absolute Gasteiger partial charge is 0.308 e. The highest BCUT2D eigenvalue weighted by atomic mass is 16.5. The Bertz CT molecular complexity index is 1230. The number of aliphatic hydroxyl groups is 1. The number of rotatable bonds is 7. The number of piperidine rings is 1. The van der Waals surface area contributed by atoms with E-state index in [0.29, 0.717) is 31.7 Å². The van der Waals surface area contributed by atoms with Gasteiger partial charge in [0.15, 0.2) is 0 Å². The fraction of sp³-hybridized carbons (Fsp3) is 0.379. The second kappa shape index (κ2) is 11.4. The summed E-state index contributed by atoms with van der Waals surface area (Å²) in [5, 5.41) is 21.7. The summed E-state index contributed by atoms with van der Waals surface area (Å²) in [5.74, 6) is 5.85. The number of carbonyl (C=O) groups is 1. The van der Waals surface area contributed by atoms with Crippen molar-refractivity contribution in [3.63, 3.8) is 0 Å². The summed E-state index contributed by atoms with van der Waals surface area (Å²) < 4.78 is 5.33. The van der Waals surface area contributed by atoms with Crippen LogP contribution in [0.15, 0.2) is 54.7 Å². The average Bonchev–Trinajstić information content (AvgIpc) is 2.88. The molecule has 2 heterocycles. The molecular weight excluding hydrogens is 440 g/mol. The van der Waals surface area contributed by atoms with E-state index in [1.165, 1.54) is 5.56 Å². The van der Waals surface area contributed by atoms with Crippen LogP contribution in [0.4, 0.5) is 0 Å². The van der Waals surface area contributed by atoms with Crippen LogP contribution in [0.5, 0.6) is 5.75 Å². The molecule has 6 heteroatoms. The van der Waals surface area contributed by atoms with Crippen molar-refractivity contribution in [3.05, 3.63) is 71.4 Å². The SMILES string of the molecule is COc1ccc2nccc(C(O)CC[C@@H]3CCN(CC#Cc4ccc(C)cc4)C[C@@H]3C(=O)O)c2c1. The van der Waals surface area contributed by atoms with Gasteiger partial charge in [-0.1, -0.05) is 29.5 Å². The van der Waals surface area contributed by atoms with Gasteiger partial charge in [-0.3, -0.25) is 14.7 Å². The molecule has 6 nitrogen and oxygen atoms in total. The maximum atomic E-state index is 12.1. The first-order valence-corrected chi connectivity index (χ1v) is 12.1. The minimum atomic E-state index is -0.778. The number of carboxylic acid groups (broad SMARTS) is 1. The highest BCUT2D eigenvalue weighted by molar-refractivity contribution is 5.83. The lowest BCUT2D eigenvalue weighted by atomic mass is 9.81. The van der Waals surface area contributed by atoms with Gasteiger partial charge in [-0.25, -0.2) is 0 Å². The van der Waals surface area contributed by atoms with E-state index in [4.69, 9.17) is 4.74 Å². The minimum Gasteiger partial charge on any atom is -0.497 e. The van der Waals surface area contributed by atoms with Gasteiger partial charge in [0.1, 0.15) is 5.75 Å². The van der Waals surface area contributed by atoms with Gasteiger partial charge >= 0.3 is 5.97 Å². The Morgan fingerprint density at radius 2 is 2.03 bits per heavy atom. The summed E-state index contributed by atoms with van der Waals surface area (Å²) in [6.45, 7) is 3.89. The van der Waals surface area contributed by atoms with Crippen molar-refractivity contribution in [2.45, 2.75) is 32.3 Å². The number of benzene rings is 2. The molecule has 0 radical (unpaired) electrons. The number of nitrogens with zero attached hydrogens (tertiary/aromatic N) is 2. The van der Waals surface area contributed by atoms with Crippen LogP contribution in [0, 0.1) is 30.6 Å². The Labute approximate surface area is 206 Å². The molecular formula is C29H32N2O4. The molecule has 1 aliphatic heterocycles. The third-order valence-corrected chi connectivity index (χ3v) is 6.90. The van der Waals surface area contributed by atoms with Gasteiger partial charge in [0.25, 0.3) is 0 Å². The van der Waals surface area contributed by atoms with E-state index in [1.807, 2.05) is 55.5 Å². The lowest BCUT2D eigenvalue weighted by molar-refractivity contribution is -0.146. The van der Waals surface area contributed by atoms with Gasteiger partial charge < -0.3 is 14.9 Å². The zero-order valence-electron chi connectivity index (χ0n) is 20.3. The molecule has 1 fully saturated rings. The van der Waals surface area contributed by atoms with Crippen LogP contribution in [-0.4, -0.2) is 52.8 Å². The Balaban J connectivity index is 1.37. The number of carboxylic acids is 1. The molecule has 1 aromatic heterocycles. The van der Waals surface area contributed by atoms with E-state index in [1.54, 1.807) is 13.3 Å². The normalized spacial score (nSPS) is 19.1. The number of ether oxygens (including phenoxy) is 1. The summed E-state index contributed by atoms with van der Waals surface area (Å²) in [5.41, 5.74) is 3.76. The molecule has 4 rings (SSSR count). The lowest BCUT2D eigenvalue weighted by Crippen LogP contribution is -2.44. The fourth-order valence-electron chi connectivity index (χ4n) is 4.82. The number of methoxy groups -OCH3 is 1. The van der Waals surface area contributed by atoms with Gasteiger partial charge in [-0.05, 0) is 80.6 Å². The number of aromatic nitrogens is 1. The van der Waals surface area contributed by atoms with Crippen LogP contribution in [0.1, 0.15) is 42.1 Å². The van der Waals surface area contributed by atoms with E-state index in [-0.39, 0.29) is 5.92 Å². The number of fused-ring (bicyclic) bond motifs is 1. The molecule has 3 aromatic rings. The maximum absolute atomic E-state index is 12.1. The van der Waals surface area contributed by atoms with E-state index < -0.39 is 18.0 Å². The highest BCUT2D eigenvalue weighted by Gasteiger charge is 2.34. The van der Waals surface area contributed by atoms with Crippen molar-refractivity contribution in [2.75, 3.05) is 26.7 Å². The molecule has 0 saturated carbocycles. The minimum absolute atomic E-state index is 0.0195. The van der Waals surface area contributed by atoms with Crippen LogP contribution in [0.3, 0.4) is 0 Å². The molecule has 1 saturated heterocycles. The molecule has 0 amide bonds. The number of aliphatic hydroxyl groups excluding tert-OH is 1. The molecule has 0 bridgehead atoms. The second-order valence-corrected chi connectivity index (χ2v) is 9.27. The summed E-state index contributed by atoms with van der Waals surface area (Å²) >= 11 is 0. The predicted molar refractivity (Wildman–Crippen MR) is 136 cm³/mol. The summed E-state index contributed by atoms with van der Waals surface area (Å²) in [6.07, 6.45) is 2.93. The summed E-state index contributed by atoms with van der Waals surface area (Å²) in [4.78, 5) is 18.6. The molecule has 2 aromatic carbocycles. The predicted octanol–water partition coefficient (Wildman–Crippen LogP) is 4.44. The van der Waals surface area contributed by atoms with Gasteiger partial charge in [-0.15, -0.1) is 0 Å². The van der Waals surface area contributed by atoms with Crippen molar-refractivity contribution < 1.29 is 19.7 Å². The molecule has 182 valence electrons. The first-order valence-electron chi connectivity index (χ1n) is 12.1. The third kappa shape index (κ3) is 6.19. The topological polar surface area (TPSA) is 82.9 Å². The Morgan fingerprint density at radius 1 is 1.23 bits per heavy atom. The van der Waals surface area contributed by atoms with Gasteiger partial charge in [0, 0.05) is 23.7 Å². The van der Waals surface area contributed by atoms with Gasteiger partial charge in [0.2, 0.25) is 0 Å². The molecule has 1 aliphatic rings. The van der Waals surface area contributed by atoms with E-state index >= 15 is 0 Å². The number of aryl methyl sites for hydroxylation is 1. The van der Waals surface area contributed by atoms with Crippen LogP contribution in [-0.2, 0) is 4.79 Å². The molecule has 2 N–H and O–H groups in total. The Hall–Kier alpha value is -3.40. The molecule has 0 spiro atoms. The quantitative estimate of drug-likeness (QED) is 0.495. The maximum Gasteiger partial charge on any atom is 0.308 e. The van der Waals surface area contributed by atoms with Crippen LogP contribution < -0.4 is 4.74 Å². The number of aliphatic carboxylic acids is 1. The molecule has 1 unspecified atom stereocenters. The van der Waals surface area contributed by atoms with Gasteiger partial charge in [0.05, 0.1) is 31.2 Å². The highest BCUT2D eigenvalue weighted by Crippen LogP contribution is 2.33. The third-order valence-electron chi connectivity index (χ3n) is 6.90. The Kier molecular flexibility index (Phi) is 8.02. The fourth-order valence-corrected chi connectivity index (χ4v) is 4.82. The average molecular weight is 473 g/mol. The van der Waals surface area contributed by atoms with Crippen molar-refractivity contribution in [3.8, 4) is 17.6 Å². The number of likely N-dealkylation sites (tertiary alicyclic amines) is 1. The van der Waals surface area contributed by atoms with E-state index in [0.717, 1.165) is 35.0 Å². The van der Waals surface area contributed by atoms with Crippen molar-refractivity contribution in [1.82, 2.24) is 9.88 Å². The van der Waals surface area contributed by atoms with Crippen LogP contribution in [0.25, 0.3) is 10.9 Å². The molecule has 0 aliphatic carbocycles. The van der Waals surface area contributed by atoms with Crippen molar-refractivity contribution >= 4 is 16.9 Å². The first kappa shape index (κ1) is 24.7. The number of hydrogen-bond acceptors (Lipinski definition) is 5. The van der Waals surface area contributed by atoms with E-state index in [9.17, 15) is 15.0 Å². The zero-order valence-corrected chi connectivity index (χ0v) is 20.3. The summed E-state index contributed by atoms with van der Waals surface area (Å²) in [7, 11) is 1.61. The second-order valence-electron chi connectivity index (χ2n) is 9.27. The molecule has 35 heavy (non-hydrogen) atoms. The standard InChI is InChI=1S/C29H32N2O4/c1-20-5-7-21(8-6-20)4-3-16-31-17-14-22(26(19-31)29(33)34)9-12-28(32)24-13-15-30-27-11-10-23(35-2)18-25(24)27/h5-8,10-11,13,15,18,22,26,28,32H,9,12,14,16-17,19H2,1-2H3,(H,33,34)/t22-,26+,28?/m1/s1. The summed E-state index contributed by atoms with van der Waals surface area (Å²) in [6, 6.07) is 15.5. The first-order chi connectivity index (χ1) is 16.9. The monoisotopic (exact) mass is 472 g/mol. The largest absolute Gasteiger partial charge is 0.497 e.